The van der Waals surface area contributed by atoms with E-state index >= 15 is 0 Å². The molecule has 144 valence electrons. The van der Waals surface area contributed by atoms with Gasteiger partial charge in [0.2, 0.25) is 0 Å². The number of carbonyl (C=O) groups is 1. The van der Waals surface area contributed by atoms with Crippen molar-refractivity contribution in [3.8, 4) is 5.75 Å². The van der Waals surface area contributed by atoms with Gasteiger partial charge < -0.3 is 9.57 Å². The lowest BCUT2D eigenvalue weighted by Gasteiger charge is -2.11. The third-order valence-corrected chi connectivity index (χ3v) is 4.99. The molecule has 29 heavy (non-hydrogen) atoms. The van der Waals surface area contributed by atoms with Gasteiger partial charge in [-0.15, -0.1) is 0 Å². The van der Waals surface area contributed by atoms with Gasteiger partial charge in [0.05, 0.1) is 5.57 Å². The number of hydrogen-bond donors (Lipinski definition) is 0. The van der Waals surface area contributed by atoms with Gasteiger partial charge in [-0.1, -0.05) is 76.9 Å². The van der Waals surface area contributed by atoms with Gasteiger partial charge in [0, 0.05) is 26.7 Å². The smallest absolute Gasteiger partial charge is 0.368 e. The second-order valence-corrected chi connectivity index (χ2v) is 7.15. The summed E-state index contributed by atoms with van der Waals surface area (Å²) >= 11 is 12.2. The molecule has 0 aromatic heterocycles. The molecule has 4 nitrogen and oxygen atoms in total. The lowest BCUT2D eigenvalue weighted by atomic mass is 10.0. The third-order valence-electron chi connectivity index (χ3n) is 4.37. The van der Waals surface area contributed by atoms with E-state index in [0.717, 1.165) is 16.7 Å². The number of nitrogens with zero attached hydrogens (tertiary/aromatic N) is 1. The SMILES string of the molecule is O=C1ON=C(c2ccc(Cl)cc2)/C1=C/c1ccccc1OCc1ccccc1Cl. The van der Waals surface area contributed by atoms with Crippen LogP contribution in [0.25, 0.3) is 6.08 Å². The summed E-state index contributed by atoms with van der Waals surface area (Å²) in [6.07, 6.45) is 1.71. The highest BCUT2D eigenvalue weighted by Crippen LogP contribution is 2.27. The van der Waals surface area contributed by atoms with Crippen LogP contribution in [0.5, 0.6) is 5.75 Å². The molecule has 0 aliphatic carbocycles. The Balaban J connectivity index is 1.63. The molecule has 1 heterocycles. The summed E-state index contributed by atoms with van der Waals surface area (Å²) in [4.78, 5) is 17.2. The maximum Gasteiger partial charge on any atom is 0.368 e. The highest BCUT2D eigenvalue weighted by atomic mass is 35.5. The number of ether oxygens (including phenoxy) is 1. The number of para-hydroxylation sites is 1. The highest BCUT2D eigenvalue weighted by molar-refractivity contribution is 6.33. The fourth-order valence-electron chi connectivity index (χ4n) is 2.88. The van der Waals surface area contributed by atoms with Gasteiger partial charge in [0.25, 0.3) is 0 Å². The Kier molecular flexibility index (Phi) is 5.65. The third kappa shape index (κ3) is 4.34. The molecule has 0 saturated carbocycles. The molecule has 4 rings (SSSR count). The Morgan fingerprint density at radius 3 is 2.45 bits per heavy atom. The number of oxime groups is 1. The van der Waals surface area contributed by atoms with Crippen LogP contribution in [0.1, 0.15) is 16.7 Å². The molecule has 3 aromatic rings. The summed E-state index contributed by atoms with van der Waals surface area (Å²) in [6, 6.07) is 22.0. The first-order valence-electron chi connectivity index (χ1n) is 8.84. The van der Waals surface area contributed by atoms with E-state index in [1.165, 1.54) is 0 Å². The van der Waals surface area contributed by atoms with Gasteiger partial charge in [-0.05, 0) is 30.3 Å². The first-order valence-corrected chi connectivity index (χ1v) is 9.60. The molecule has 6 heteroatoms. The van der Waals surface area contributed by atoms with E-state index in [2.05, 4.69) is 5.16 Å². The summed E-state index contributed by atoms with van der Waals surface area (Å²) in [5.41, 5.74) is 3.14. The zero-order chi connectivity index (χ0) is 20.2. The molecular formula is C23H15Cl2NO3. The van der Waals surface area contributed by atoms with Crippen molar-refractivity contribution in [3.63, 3.8) is 0 Å². The quantitative estimate of drug-likeness (QED) is 0.378. The number of carbonyl (C=O) groups excluding carboxylic acids is 1. The lowest BCUT2D eigenvalue weighted by molar-refractivity contribution is -0.136. The standard InChI is InChI=1S/C23H15Cl2NO3/c24-18-11-9-15(10-12-18)22-19(23(27)29-26-22)13-16-5-2-4-8-21(16)28-14-17-6-1-3-7-20(17)25/h1-13H,14H2/b19-13-. The van der Waals surface area contributed by atoms with Gasteiger partial charge in [-0.25, -0.2) is 4.79 Å². The van der Waals surface area contributed by atoms with Gasteiger partial charge in [-0.2, -0.15) is 0 Å². The molecule has 0 fully saturated rings. The minimum absolute atomic E-state index is 0.308. The van der Waals surface area contributed by atoms with Crippen molar-refractivity contribution >= 4 is 41.0 Å². The first-order chi connectivity index (χ1) is 14.1. The van der Waals surface area contributed by atoms with Crippen molar-refractivity contribution in [1.29, 1.82) is 0 Å². The van der Waals surface area contributed by atoms with Crippen LogP contribution in [0, 0.1) is 0 Å². The average Bonchev–Trinajstić information content (AvgIpc) is 3.09. The van der Waals surface area contributed by atoms with Crippen molar-refractivity contribution in [3.05, 3.63) is 105 Å². The van der Waals surface area contributed by atoms with Gasteiger partial charge in [-0.3, -0.25) is 0 Å². The largest absolute Gasteiger partial charge is 0.488 e. The van der Waals surface area contributed by atoms with Crippen LogP contribution in [0.4, 0.5) is 0 Å². The molecule has 3 aromatic carbocycles. The number of rotatable bonds is 5. The zero-order valence-electron chi connectivity index (χ0n) is 15.1. The topological polar surface area (TPSA) is 47.9 Å². The van der Waals surface area contributed by atoms with Crippen LogP contribution in [0.2, 0.25) is 10.0 Å². The fraction of sp³-hybridized carbons (Fsp3) is 0.0435. The molecule has 0 N–H and O–H groups in total. The maximum atomic E-state index is 12.3. The second-order valence-electron chi connectivity index (χ2n) is 6.30. The molecule has 1 aliphatic heterocycles. The molecule has 0 radical (unpaired) electrons. The van der Waals surface area contributed by atoms with Crippen LogP contribution in [-0.2, 0) is 16.2 Å². The Bertz CT molecular complexity index is 1120. The molecule has 0 saturated heterocycles. The Hall–Kier alpha value is -3.08. The van der Waals surface area contributed by atoms with Crippen LogP contribution in [0.15, 0.2) is 83.5 Å². The van der Waals surface area contributed by atoms with Gasteiger partial charge in [0.1, 0.15) is 18.1 Å². The van der Waals surface area contributed by atoms with E-state index in [-0.39, 0.29) is 0 Å². The van der Waals surface area contributed by atoms with E-state index in [1.54, 1.807) is 30.3 Å². The number of benzene rings is 3. The van der Waals surface area contributed by atoms with Crippen molar-refractivity contribution in [2.75, 3.05) is 0 Å². The molecule has 0 bridgehead atoms. The van der Waals surface area contributed by atoms with E-state index < -0.39 is 5.97 Å². The van der Waals surface area contributed by atoms with E-state index in [9.17, 15) is 4.79 Å². The Morgan fingerprint density at radius 2 is 1.66 bits per heavy atom. The maximum absolute atomic E-state index is 12.3. The summed E-state index contributed by atoms with van der Waals surface area (Å²) in [6.45, 7) is 0.308. The zero-order valence-corrected chi connectivity index (χ0v) is 16.7. The Labute approximate surface area is 178 Å². The summed E-state index contributed by atoms with van der Waals surface area (Å²) in [7, 11) is 0. The molecule has 0 amide bonds. The van der Waals surface area contributed by atoms with Gasteiger partial charge in [0.15, 0.2) is 0 Å². The monoisotopic (exact) mass is 423 g/mol. The van der Waals surface area contributed by atoms with E-state index in [4.69, 9.17) is 32.8 Å². The van der Waals surface area contributed by atoms with Gasteiger partial charge >= 0.3 is 5.97 Å². The predicted octanol–water partition coefficient (Wildman–Crippen LogP) is 5.92. The molecule has 0 spiro atoms. The molecule has 0 atom stereocenters. The number of halogens is 2. The Morgan fingerprint density at radius 1 is 0.931 bits per heavy atom. The van der Waals surface area contributed by atoms with Crippen LogP contribution >= 0.6 is 23.2 Å². The fourth-order valence-corrected chi connectivity index (χ4v) is 3.20. The molecular weight excluding hydrogens is 409 g/mol. The summed E-state index contributed by atoms with van der Waals surface area (Å²) in [5.74, 6) is 0.103. The number of hydrogen-bond acceptors (Lipinski definition) is 4. The van der Waals surface area contributed by atoms with E-state index in [0.29, 0.717) is 33.7 Å². The lowest BCUT2D eigenvalue weighted by Crippen LogP contribution is -2.07. The van der Waals surface area contributed by atoms with Crippen molar-refractivity contribution in [2.45, 2.75) is 6.61 Å². The van der Waals surface area contributed by atoms with Crippen LogP contribution in [0.3, 0.4) is 0 Å². The average molecular weight is 424 g/mol. The summed E-state index contributed by atoms with van der Waals surface area (Å²) in [5, 5.41) is 5.17. The minimum atomic E-state index is -0.518. The normalized spacial score (nSPS) is 14.6. The van der Waals surface area contributed by atoms with E-state index in [1.807, 2.05) is 48.5 Å². The van der Waals surface area contributed by atoms with Crippen LogP contribution in [-0.4, -0.2) is 11.7 Å². The molecule has 1 aliphatic rings. The van der Waals surface area contributed by atoms with Crippen molar-refractivity contribution in [1.82, 2.24) is 0 Å². The molecule has 0 unspecified atom stereocenters. The predicted molar refractivity (Wildman–Crippen MR) is 114 cm³/mol. The van der Waals surface area contributed by atoms with Crippen molar-refractivity contribution in [2.24, 2.45) is 5.16 Å². The summed E-state index contributed by atoms with van der Waals surface area (Å²) < 4.78 is 5.97. The van der Waals surface area contributed by atoms with Crippen molar-refractivity contribution < 1.29 is 14.4 Å². The minimum Gasteiger partial charge on any atom is -0.488 e. The second kappa shape index (κ2) is 8.52. The first kappa shape index (κ1) is 19.2. The van der Waals surface area contributed by atoms with Crippen LogP contribution < -0.4 is 4.74 Å². The highest BCUT2D eigenvalue weighted by Gasteiger charge is 2.27.